The molecule has 30 heavy (non-hydrogen) atoms. The van der Waals surface area contributed by atoms with Gasteiger partial charge in [-0.2, -0.15) is 0 Å². The van der Waals surface area contributed by atoms with Gasteiger partial charge in [-0.1, -0.05) is 43.5 Å². The van der Waals surface area contributed by atoms with Crippen LogP contribution in [0.3, 0.4) is 0 Å². The van der Waals surface area contributed by atoms with Gasteiger partial charge in [0.1, 0.15) is 0 Å². The van der Waals surface area contributed by atoms with Crippen molar-refractivity contribution in [3.05, 3.63) is 89.0 Å². The summed E-state index contributed by atoms with van der Waals surface area (Å²) in [6, 6.07) is 14.0. The summed E-state index contributed by atoms with van der Waals surface area (Å²) in [6.07, 6.45) is 4.19. The maximum absolute atomic E-state index is 13.4. The third-order valence-corrected chi connectivity index (χ3v) is 5.39. The van der Waals surface area contributed by atoms with Crippen LogP contribution < -0.4 is 5.56 Å². The van der Waals surface area contributed by atoms with Gasteiger partial charge in [0, 0.05) is 56.1 Å². The second-order valence-corrected chi connectivity index (χ2v) is 7.47. The summed E-state index contributed by atoms with van der Waals surface area (Å²) in [5, 5.41) is 1.11. The van der Waals surface area contributed by atoms with Crippen molar-refractivity contribution < 1.29 is 4.74 Å². The number of para-hydroxylation sites is 1. The monoisotopic (exact) mass is 403 g/mol. The van der Waals surface area contributed by atoms with Crippen LogP contribution in [0.15, 0.2) is 66.6 Å². The average Bonchev–Trinajstić information content (AvgIpc) is 2.76. The molecule has 156 valence electrons. The van der Waals surface area contributed by atoms with Crippen molar-refractivity contribution in [1.29, 1.82) is 0 Å². The number of pyridine rings is 2. The summed E-state index contributed by atoms with van der Waals surface area (Å²) in [4.78, 5) is 20.1. The van der Waals surface area contributed by atoms with Crippen LogP contribution in [-0.2, 0) is 11.2 Å². The molecule has 0 aliphatic heterocycles. The van der Waals surface area contributed by atoms with Crippen molar-refractivity contribution in [2.45, 2.75) is 19.4 Å². The van der Waals surface area contributed by atoms with E-state index in [2.05, 4.69) is 19.2 Å². The zero-order valence-electron chi connectivity index (χ0n) is 18.0. The fraction of sp³-hybridized carbons (Fsp3) is 0.280. The number of fused-ring (bicyclic) bond motifs is 1. The van der Waals surface area contributed by atoms with Gasteiger partial charge in [-0.05, 0) is 30.7 Å². The first-order valence-electron chi connectivity index (χ1n) is 10.1. The van der Waals surface area contributed by atoms with Crippen LogP contribution in [0.2, 0.25) is 0 Å². The first-order chi connectivity index (χ1) is 14.5. The molecule has 3 aromatic rings. The number of hydrogen-bond donors (Lipinski definition) is 0. The predicted molar refractivity (Wildman–Crippen MR) is 124 cm³/mol. The van der Waals surface area contributed by atoms with Gasteiger partial charge in [-0.3, -0.25) is 9.78 Å². The maximum Gasteiger partial charge on any atom is 0.260 e. The Balaban J connectivity index is 1.92. The van der Waals surface area contributed by atoms with E-state index in [1.807, 2.05) is 61.5 Å². The van der Waals surface area contributed by atoms with Gasteiger partial charge in [-0.15, -0.1) is 0 Å². The van der Waals surface area contributed by atoms with Crippen molar-refractivity contribution in [2.75, 3.05) is 27.3 Å². The maximum atomic E-state index is 13.4. The predicted octanol–water partition coefficient (Wildman–Crippen LogP) is 4.39. The van der Waals surface area contributed by atoms with Crippen LogP contribution in [0, 0.1) is 0 Å². The molecule has 0 aliphatic carbocycles. The van der Waals surface area contributed by atoms with Crippen molar-refractivity contribution in [1.82, 2.24) is 14.5 Å². The van der Waals surface area contributed by atoms with Gasteiger partial charge in [0.25, 0.3) is 5.56 Å². The third kappa shape index (κ3) is 4.52. The highest BCUT2D eigenvalue weighted by atomic mass is 16.5. The van der Waals surface area contributed by atoms with Crippen LogP contribution in [0.25, 0.3) is 22.7 Å². The van der Waals surface area contributed by atoms with Gasteiger partial charge in [-0.25, -0.2) is 0 Å². The van der Waals surface area contributed by atoms with Crippen LogP contribution in [0.1, 0.15) is 29.8 Å². The number of likely N-dealkylation sites (N-methyl/N-ethyl adjacent to an activating group) is 1. The normalized spacial score (nSPS) is 12.0. The summed E-state index contributed by atoms with van der Waals surface area (Å²) in [5.41, 5.74) is 3.86. The summed E-state index contributed by atoms with van der Waals surface area (Å²) in [6.45, 7) is 11.3. The first kappa shape index (κ1) is 21.5. The molecule has 0 aliphatic rings. The molecule has 0 spiro atoms. The Morgan fingerprint density at radius 3 is 2.77 bits per heavy atom. The van der Waals surface area contributed by atoms with Crippen LogP contribution in [0.5, 0.6) is 0 Å². The summed E-state index contributed by atoms with van der Waals surface area (Å²) in [5.74, 6) is 0. The zero-order chi connectivity index (χ0) is 21.7. The highest BCUT2D eigenvalue weighted by Crippen LogP contribution is 2.21. The van der Waals surface area contributed by atoms with Crippen molar-refractivity contribution in [3.63, 3.8) is 0 Å². The molecule has 2 aromatic heterocycles. The Bertz CT molecular complexity index is 1120. The molecular weight excluding hydrogens is 374 g/mol. The average molecular weight is 404 g/mol. The summed E-state index contributed by atoms with van der Waals surface area (Å²) in [7, 11) is 3.57. The molecule has 0 fully saturated rings. The molecule has 5 heteroatoms. The molecule has 1 atom stereocenters. The molecular formula is C25H29N3O2. The number of benzene rings is 1. The van der Waals surface area contributed by atoms with E-state index in [-0.39, 0.29) is 11.6 Å². The molecule has 1 aromatic carbocycles. The molecule has 0 bridgehead atoms. The number of rotatable bonds is 9. The zero-order valence-corrected chi connectivity index (χ0v) is 18.0. The van der Waals surface area contributed by atoms with E-state index in [4.69, 9.17) is 9.72 Å². The molecule has 3 rings (SSSR count). The SMILES string of the molecule is C=Cc1ccn(C(C)Cc2ccc3ccccc3n2)c(=O)c1C(=C)N(C)CCOC. The van der Waals surface area contributed by atoms with Crippen LogP contribution >= 0.6 is 0 Å². The Kier molecular flexibility index (Phi) is 6.85. The summed E-state index contributed by atoms with van der Waals surface area (Å²) >= 11 is 0. The molecule has 0 amide bonds. The highest BCUT2D eigenvalue weighted by molar-refractivity contribution is 5.78. The lowest BCUT2D eigenvalue weighted by molar-refractivity contribution is 0.180. The van der Waals surface area contributed by atoms with Gasteiger partial charge in [0.15, 0.2) is 0 Å². The van der Waals surface area contributed by atoms with Gasteiger partial charge < -0.3 is 14.2 Å². The molecule has 0 saturated heterocycles. The van der Waals surface area contributed by atoms with E-state index in [1.54, 1.807) is 17.8 Å². The molecule has 0 N–H and O–H groups in total. The minimum Gasteiger partial charge on any atom is -0.383 e. The Morgan fingerprint density at radius 1 is 1.27 bits per heavy atom. The third-order valence-electron chi connectivity index (χ3n) is 5.39. The topological polar surface area (TPSA) is 47.4 Å². The number of hydrogen-bond acceptors (Lipinski definition) is 4. The Hall–Kier alpha value is -3.18. The Morgan fingerprint density at radius 2 is 2.03 bits per heavy atom. The van der Waals surface area contributed by atoms with Crippen molar-refractivity contribution in [3.8, 4) is 0 Å². The molecule has 5 nitrogen and oxygen atoms in total. The first-order valence-corrected chi connectivity index (χ1v) is 10.1. The van der Waals surface area contributed by atoms with Gasteiger partial charge in [0.2, 0.25) is 0 Å². The lowest BCUT2D eigenvalue weighted by Gasteiger charge is -2.24. The van der Waals surface area contributed by atoms with E-state index in [0.717, 1.165) is 22.2 Å². The fourth-order valence-electron chi connectivity index (χ4n) is 3.55. The van der Waals surface area contributed by atoms with Crippen molar-refractivity contribution in [2.24, 2.45) is 0 Å². The molecule has 0 saturated carbocycles. The van der Waals surface area contributed by atoms with E-state index in [0.29, 0.717) is 30.8 Å². The fourth-order valence-corrected chi connectivity index (χ4v) is 3.55. The number of methoxy groups -OCH3 is 1. The van der Waals surface area contributed by atoms with Crippen LogP contribution in [0.4, 0.5) is 0 Å². The molecule has 0 radical (unpaired) electrons. The minimum atomic E-state index is -0.0741. The lowest BCUT2D eigenvalue weighted by atomic mass is 10.0. The van der Waals surface area contributed by atoms with E-state index in [9.17, 15) is 4.79 Å². The van der Waals surface area contributed by atoms with Crippen molar-refractivity contribution >= 4 is 22.7 Å². The van der Waals surface area contributed by atoms with Gasteiger partial charge >= 0.3 is 0 Å². The van der Waals surface area contributed by atoms with Gasteiger partial charge in [0.05, 0.1) is 17.7 Å². The standard InChI is InChI=1S/C25H29N3O2/c1-6-20-13-14-28(25(29)24(20)19(3)27(4)15-16-30-5)18(2)17-22-12-11-21-9-7-8-10-23(21)26-22/h6-14,18H,1,3,15-17H2,2,4-5H3. The number of nitrogens with zero attached hydrogens (tertiary/aromatic N) is 3. The second-order valence-electron chi connectivity index (χ2n) is 7.47. The lowest BCUT2D eigenvalue weighted by Crippen LogP contribution is -2.31. The Labute approximate surface area is 177 Å². The summed E-state index contributed by atoms with van der Waals surface area (Å²) < 4.78 is 6.91. The minimum absolute atomic E-state index is 0.0548. The highest BCUT2D eigenvalue weighted by Gasteiger charge is 2.18. The quantitative estimate of drug-likeness (QED) is 0.532. The van der Waals surface area contributed by atoms with E-state index >= 15 is 0 Å². The molecule has 2 heterocycles. The largest absolute Gasteiger partial charge is 0.383 e. The number of ether oxygens (including phenoxy) is 1. The van der Waals surface area contributed by atoms with E-state index < -0.39 is 0 Å². The molecule has 1 unspecified atom stereocenters. The second kappa shape index (κ2) is 9.55. The number of aromatic nitrogens is 2. The van der Waals surface area contributed by atoms with Crippen LogP contribution in [-0.4, -0.2) is 41.8 Å². The smallest absolute Gasteiger partial charge is 0.260 e. The van der Waals surface area contributed by atoms with E-state index in [1.165, 1.54) is 0 Å².